The van der Waals surface area contributed by atoms with E-state index >= 15 is 0 Å². The third-order valence-electron chi connectivity index (χ3n) is 3.54. The summed E-state index contributed by atoms with van der Waals surface area (Å²) in [5, 5.41) is 1.39. The van der Waals surface area contributed by atoms with Gasteiger partial charge >= 0.3 is 0 Å². The molecule has 2 amide bonds. The van der Waals surface area contributed by atoms with Crippen LogP contribution in [0, 0.1) is 6.92 Å². The van der Waals surface area contributed by atoms with Gasteiger partial charge in [0.1, 0.15) is 5.58 Å². The number of fused-ring (bicyclic) bond motifs is 1. The molecule has 0 unspecified atom stereocenters. The first-order chi connectivity index (χ1) is 11.5. The zero-order valence-electron chi connectivity index (χ0n) is 12.8. The lowest BCUT2D eigenvalue weighted by Crippen LogP contribution is -2.42. The molecule has 1 aromatic carbocycles. The molecule has 2 aromatic heterocycles. The topological polar surface area (TPSA) is 84.2 Å². The first kappa shape index (κ1) is 16.0. The van der Waals surface area contributed by atoms with Crippen LogP contribution in [0.5, 0.6) is 0 Å². The number of amides is 2. The summed E-state index contributed by atoms with van der Waals surface area (Å²) in [6.07, 6.45) is 4.58. The standard InChI is InChI=1S/C17H14ClN3O3/c1-10-6-15-13(8-14(10)18)12(9-24-15)7-16(22)20-21-17(23)11-2-4-19-5-3-11/h2-6,8-9H,7H2,1H3,(H,20,22)(H,21,23). The van der Waals surface area contributed by atoms with Crippen LogP contribution in [-0.2, 0) is 11.2 Å². The zero-order valence-corrected chi connectivity index (χ0v) is 13.6. The van der Waals surface area contributed by atoms with Crippen LogP contribution in [0.3, 0.4) is 0 Å². The van der Waals surface area contributed by atoms with Gasteiger partial charge in [0.05, 0.1) is 12.7 Å². The van der Waals surface area contributed by atoms with Crippen molar-refractivity contribution >= 4 is 34.4 Å². The van der Waals surface area contributed by atoms with Crippen LogP contribution in [0.2, 0.25) is 5.02 Å². The van der Waals surface area contributed by atoms with Gasteiger partial charge in [-0.15, -0.1) is 0 Å². The van der Waals surface area contributed by atoms with Gasteiger partial charge in [0.15, 0.2) is 0 Å². The lowest BCUT2D eigenvalue weighted by Gasteiger charge is -2.06. The normalized spacial score (nSPS) is 10.6. The van der Waals surface area contributed by atoms with Crippen molar-refractivity contribution in [3.05, 3.63) is 64.6 Å². The highest BCUT2D eigenvalue weighted by atomic mass is 35.5. The molecule has 0 atom stereocenters. The molecule has 0 aliphatic carbocycles. The van der Waals surface area contributed by atoms with Crippen molar-refractivity contribution < 1.29 is 14.0 Å². The van der Waals surface area contributed by atoms with E-state index in [1.807, 2.05) is 13.0 Å². The van der Waals surface area contributed by atoms with E-state index in [0.29, 0.717) is 21.7 Å². The number of hydrogen-bond acceptors (Lipinski definition) is 4. The van der Waals surface area contributed by atoms with Crippen LogP contribution in [0.15, 0.2) is 47.3 Å². The highest BCUT2D eigenvalue weighted by Crippen LogP contribution is 2.27. The van der Waals surface area contributed by atoms with Crippen molar-refractivity contribution in [2.75, 3.05) is 0 Å². The van der Waals surface area contributed by atoms with E-state index in [9.17, 15) is 9.59 Å². The zero-order chi connectivity index (χ0) is 17.1. The van der Waals surface area contributed by atoms with Crippen LogP contribution < -0.4 is 10.9 Å². The average Bonchev–Trinajstić information content (AvgIpc) is 2.95. The molecule has 0 aliphatic heterocycles. The summed E-state index contributed by atoms with van der Waals surface area (Å²) < 4.78 is 5.45. The Morgan fingerprint density at radius 2 is 1.96 bits per heavy atom. The maximum absolute atomic E-state index is 12.0. The monoisotopic (exact) mass is 343 g/mol. The summed E-state index contributed by atoms with van der Waals surface area (Å²) in [6.45, 7) is 1.88. The molecule has 3 rings (SSSR count). The fourth-order valence-electron chi connectivity index (χ4n) is 2.26. The average molecular weight is 344 g/mol. The Bertz CT molecular complexity index is 906. The number of aromatic nitrogens is 1. The molecule has 0 radical (unpaired) electrons. The maximum atomic E-state index is 12.0. The Hall–Kier alpha value is -2.86. The number of carbonyl (C=O) groups excluding carboxylic acids is 2. The van der Waals surface area contributed by atoms with Crippen LogP contribution in [0.4, 0.5) is 0 Å². The van der Waals surface area contributed by atoms with Crippen molar-refractivity contribution in [2.45, 2.75) is 13.3 Å². The molecule has 0 fully saturated rings. The number of aryl methyl sites for hydroxylation is 1. The molecule has 2 N–H and O–H groups in total. The van der Waals surface area contributed by atoms with Crippen LogP contribution in [-0.4, -0.2) is 16.8 Å². The highest BCUT2D eigenvalue weighted by Gasteiger charge is 2.13. The molecule has 0 aliphatic rings. The molecule has 24 heavy (non-hydrogen) atoms. The minimum absolute atomic E-state index is 0.0585. The lowest BCUT2D eigenvalue weighted by atomic mass is 10.1. The third-order valence-corrected chi connectivity index (χ3v) is 3.95. The minimum Gasteiger partial charge on any atom is -0.464 e. The molecule has 7 heteroatoms. The highest BCUT2D eigenvalue weighted by molar-refractivity contribution is 6.32. The number of hydrogen-bond donors (Lipinski definition) is 2. The van der Waals surface area contributed by atoms with Gasteiger partial charge in [0.25, 0.3) is 5.91 Å². The van der Waals surface area contributed by atoms with E-state index in [4.69, 9.17) is 16.0 Å². The number of nitrogens with zero attached hydrogens (tertiary/aromatic N) is 1. The first-order valence-electron chi connectivity index (χ1n) is 7.20. The SMILES string of the molecule is Cc1cc2occ(CC(=O)NNC(=O)c3ccncc3)c2cc1Cl. The molecule has 0 bridgehead atoms. The number of carbonyl (C=O) groups is 2. The second-order valence-corrected chi connectivity index (χ2v) is 5.68. The van der Waals surface area contributed by atoms with Crippen molar-refractivity contribution in [3.63, 3.8) is 0 Å². The Kier molecular flexibility index (Phi) is 4.48. The van der Waals surface area contributed by atoms with Gasteiger partial charge in [-0.25, -0.2) is 0 Å². The number of furan rings is 1. The van der Waals surface area contributed by atoms with Gasteiger partial charge in [-0.05, 0) is 36.8 Å². The minimum atomic E-state index is -0.415. The number of halogens is 1. The maximum Gasteiger partial charge on any atom is 0.269 e. The molecule has 2 heterocycles. The van der Waals surface area contributed by atoms with Crippen molar-refractivity contribution in [2.24, 2.45) is 0 Å². The van der Waals surface area contributed by atoms with E-state index in [1.165, 1.54) is 18.7 Å². The van der Waals surface area contributed by atoms with Crippen LogP contribution in [0.25, 0.3) is 11.0 Å². The quantitative estimate of drug-likeness (QED) is 0.716. The summed E-state index contributed by atoms with van der Waals surface area (Å²) in [6, 6.07) is 6.70. The van der Waals surface area contributed by atoms with Gasteiger partial charge in [-0.3, -0.25) is 25.4 Å². The summed E-state index contributed by atoms with van der Waals surface area (Å²) >= 11 is 6.12. The molecular weight excluding hydrogens is 330 g/mol. The van der Waals surface area contributed by atoms with E-state index < -0.39 is 5.91 Å². The predicted molar refractivity (Wildman–Crippen MR) is 89.5 cm³/mol. The van der Waals surface area contributed by atoms with Gasteiger partial charge in [0.2, 0.25) is 5.91 Å². The van der Waals surface area contributed by atoms with E-state index in [0.717, 1.165) is 10.9 Å². The van der Waals surface area contributed by atoms with Crippen molar-refractivity contribution in [3.8, 4) is 0 Å². The smallest absolute Gasteiger partial charge is 0.269 e. The molecule has 0 saturated heterocycles. The first-order valence-corrected chi connectivity index (χ1v) is 7.58. The third kappa shape index (κ3) is 3.38. The van der Waals surface area contributed by atoms with Crippen LogP contribution in [0.1, 0.15) is 21.5 Å². The summed E-state index contributed by atoms with van der Waals surface area (Å²) in [5.41, 5.74) is 7.40. The number of hydrazine groups is 1. The summed E-state index contributed by atoms with van der Waals surface area (Å²) in [4.78, 5) is 27.7. The second-order valence-electron chi connectivity index (χ2n) is 5.27. The molecule has 6 nitrogen and oxygen atoms in total. The molecule has 0 spiro atoms. The fraction of sp³-hybridized carbons (Fsp3) is 0.118. The lowest BCUT2D eigenvalue weighted by molar-refractivity contribution is -0.121. The molecule has 3 aromatic rings. The van der Waals surface area contributed by atoms with Crippen molar-refractivity contribution in [1.82, 2.24) is 15.8 Å². The summed E-state index contributed by atoms with van der Waals surface area (Å²) in [5.74, 6) is -0.779. The molecule has 122 valence electrons. The number of benzene rings is 1. The van der Waals surface area contributed by atoms with Gasteiger partial charge < -0.3 is 4.42 Å². The molecular formula is C17H14ClN3O3. The van der Waals surface area contributed by atoms with E-state index in [-0.39, 0.29) is 12.3 Å². The van der Waals surface area contributed by atoms with Gasteiger partial charge in [-0.1, -0.05) is 11.6 Å². The predicted octanol–water partition coefficient (Wildman–Crippen LogP) is 2.79. The number of nitrogens with one attached hydrogen (secondary N) is 2. The van der Waals surface area contributed by atoms with Crippen LogP contribution >= 0.6 is 11.6 Å². The largest absolute Gasteiger partial charge is 0.464 e. The van der Waals surface area contributed by atoms with Gasteiger partial charge in [-0.2, -0.15) is 0 Å². The van der Waals surface area contributed by atoms with Crippen molar-refractivity contribution in [1.29, 1.82) is 0 Å². The fourth-order valence-corrected chi connectivity index (χ4v) is 2.42. The summed E-state index contributed by atoms with van der Waals surface area (Å²) in [7, 11) is 0. The Morgan fingerprint density at radius 3 is 2.71 bits per heavy atom. The Morgan fingerprint density at radius 1 is 1.21 bits per heavy atom. The van der Waals surface area contributed by atoms with E-state index in [2.05, 4.69) is 15.8 Å². The number of rotatable bonds is 3. The van der Waals surface area contributed by atoms with E-state index in [1.54, 1.807) is 18.2 Å². The number of pyridine rings is 1. The Balaban J connectivity index is 1.65. The second kappa shape index (κ2) is 6.72. The molecule has 0 saturated carbocycles. The Labute approximate surface area is 142 Å². The van der Waals surface area contributed by atoms with Gasteiger partial charge in [0, 0.05) is 33.9 Å².